The molecular formula is C31H54O. The van der Waals surface area contributed by atoms with Crippen molar-refractivity contribution in [1.29, 1.82) is 0 Å². The van der Waals surface area contributed by atoms with Crippen molar-refractivity contribution in [1.82, 2.24) is 0 Å². The van der Waals surface area contributed by atoms with Crippen LogP contribution in [0.5, 0.6) is 0 Å². The summed E-state index contributed by atoms with van der Waals surface area (Å²) in [6.07, 6.45) is 15.6. The SMILES string of the molecule is CC(C)CCC[C@]1(C)[C@H]2CC=C3[C@@]4(C)CC[C@H](O)C(C)(C)[C@@H]4CC[C@@]3(C)[C@]2(C)CC[C@@H]1C. The van der Waals surface area contributed by atoms with E-state index in [9.17, 15) is 5.11 Å². The lowest BCUT2D eigenvalue weighted by Crippen LogP contribution is -2.63. The summed E-state index contributed by atoms with van der Waals surface area (Å²) in [5.74, 6) is 3.07. The highest BCUT2D eigenvalue weighted by molar-refractivity contribution is 5.35. The van der Waals surface area contributed by atoms with Crippen LogP contribution in [0, 0.1) is 50.7 Å². The van der Waals surface area contributed by atoms with Crippen LogP contribution in [0.4, 0.5) is 0 Å². The standard InChI is InChI=1S/C31H54O/c1-21(2)11-10-17-28(6)22(3)14-19-30(8)24(28)12-13-25-29(7)18-16-26(32)27(4,5)23(29)15-20-31(25,30)9/h13,21-24,26,32H,10-12,14-20H2,1-9H3/t22-,23-,24+,26-,28-,29-,30+,31+/m0/s1. The minimum Gasteiger partial charge on any atom is -0.393 e. The molecule has 3 saturated carbocycles. The fraction of sp³-hybridized carbons (Fsp3) is 0.935. The minimum absolute atomic E-state index is 0.0271. The number of hydrogen-bond acceptors (Lipinski definition) is 1. The van der Waals surface area contributed by atoms with Crippen LogP contribution in [0.25, 0.3) is 0 Å². The maximum atomic E-state index is 10.9. The lowest BCUT2D eigenvalue weighted by molar-refractivity contribution is -0.165. The monoisotopic (exact) mass is 442 g/mol. The normalized spacial score (nSPS) is 50.3. The molecule has 0 heterocycles. The van der Waals surface area contributed by atoms with Gasteiger partial charge in [0.05, 0.1) is 6.10 Å². The molecule has 0 aromatic carbocycles. The first kappa shape index (κ1) is 24.8. The topological polar surface area (TPSA) is 20.2 Å². The molecule has 3 fully saturated rings. The molecule has 0 saturated heterocycles. The molecule has 1 heteroatoms. The Morgan fingerprint density at radius 2 is 1.62 bits per heavy atom. The van der Waals surface area contributed by atoms with Crippen LogP contribution in [-0.4, -0.2) is 11.2 Å². The molecule has 0 aromatic heterocycles. The smallest absolute Gasteiger partial charge is 0.0594 e. The summed E-state index contributed by atoms with van der Waals surface area (Å²) in [6, 6.07) is 0. The summed E-state index contributed by atoms with van der Waals surface area (Å²) in [5, 5.41) is 10.9. The van der Waals surface area contributed by atoms with E-state index in [4.69, 9.17) is 0 Å². The largest absolute Gasteiger partial charge is 0.393 e. The minimum atomic E-state index is -0.141. The van der Waals surface area contributed by atoms with Gasteiger partial charge in [-0.1, -0.05) is 86.8 Å². The highest BCUT2D eigenvalue weighted by Gasteiger charge is 2.66. The number of aliphatic hydroxyl groups is 1. The highest BCUT2D eigenvalue weighted by Crippen LogP contribution is 2.74. The molecule has 8 atom stereocenters. The highest BCUT2D eigenvalue weighted by atomic mass is 16.3. The van der Waals surface area contributed by atoms with Gasteiger partial charge in [0.1, 0.15) is 0 Å². The maximum absolute atomic E-state index is 10.9. The van der Waals surface area contributed by atoms with Crippen LogP contribution in [0.15, 0.2) is 11.6 Å². The van der Waals surface area contributed by atoms with Crippen LogP contribution >= 0.6 is 0 Å². The molecule has 0 bridgehead atoms. The summed E-state index contributed by atoms with van der Waals surface area (Å²) >= 11 is 0. The van der Waals surface area contributed by atoms with Gasteiger partial charge in [0, 0.05) is 0 Å². The van der Waals surface area contributed by atoms with Crippen molar-refractivity contribution >= 4 is 0 Å². The van der Waals surface area contributed by atoms with E-state index in [1.165, 1.54) is 57.8 Å². The van der Waals surface area contributed by atoms with E-state index in [2.05, 4.69) is 68.4 Å². The molecule has 1 nitrogen and oxygen atoms in total. The second-order valence-electron chi connectivity index (χ2n) is 14.8. The zero-order chi connectivity index (χ0) is 23.7. The zero-order valence-electron chi connectivity index (χ0n) is 23.0. The van der Waals surface area contributed by atoms with E-state index in [0.29, 0.717) is 22.2 Å². The first-order chi connectivity index (χ1) is 14.7. The van der Waals surface area contributed by atoms with Crippen molar-refractivity contribution in [3.8, 4) is 0 Å². The van der Waals surface area contributed by atoms with Gasteiger partial charge in [-0.2, -0.15) is 0 Å². The van der Waals surface area contributed by atoms with E-state index in [-0.39, 0.29) is 16.9 Å². The first-order valence-corrected chi connectivity index (χ1v) is 14.1. The Hall–Kier alpha value is -0.300. The van der Waals surface area contributed by atoms with Crippen molar-refractivity contribution in [3.63, 3.8) is 0 Å². The van der Waals surface area contributed by atoms with Gasteiger partial charge < -0.3 is 5.11 Å². The Kier molecular flexibility index (Phi) is 6.09. The van der Waals surface area contributed by atoms with Crippen LogP contribution in [0.3, 0.4) is 0 Å². The van der Waals surface area contributed by atoms with E-state index >= 15 is 0 Å². The third kappa shape index (κ3) is 3.25. The third-order valence-electron chi connectivity index (χ3n) is 12.7. The van der Waals surface area contributed by atoms with Crippen LogP contribution in [-0.2, 0) is 0 Å². The Morgan fingerprint density at radius 1 is 0.938 bits per heavy atom. The van der Waals surface area contributed by atoms with Gasteiger partial charge in [0.25, 0.3) is 0 Å². The molecule has 4 rings (SSSR count). The predicted octanol–water partition coefficient (Wildman–Crippen LogP) is 8.81. The second kappa shape index (κ2) is 7.86. The maximum Gasteiger partial charge on any atom is 0.0594 e. The summed E-state index contributed by atoms with van der Waals surface area (Å²) < 4.78 is 0. The van der Waals surface area contributed by atoms with Gasteiger partial charge >= 0.3 is 0 Å². The van der Waals surface area contributed by atoms with Crippen molar-refractivity contribution in [2.75, 3.05) is 0 Å². The average molecular weight is 443 g/mol. The third-order valence-corrected chi connectivity index (χ3v) is 12.7. The van der Waals surface area contributed by atoms with Crippen molar-refractivity contribution < 1.29 is 5.11 Å². The fourth-order valence-corrected chi connectivity index (χ4v) is 10.1. The van der Waals surface area contributed by atoms with Gasteiger partial charge in [-0.25, -0.2) is 0 Å². The van der Waals surface area contributed by atoms with Gasteiger partial charge in [-0.15, -0.1) is 0 Å². The zero-order valence-corrected chi connectivity index (χ0v) is 23.0. The number of rotatable bonds is 4. The van der Waals surface area contributed by atoms with E-state index in [0.717, 1.165) is 24.2 Å². The molecule has 1 N–H and O–H groups in total. The number of fused-ring (bicyclic) bond motifs is 5. The predicted molar refractivity (Wildman–Crippen MR) is 137 cm³/mol. The van der Waals surface area contributed by atoms with Gasteiger partial charge in [0.15, 0.2) is 0 Å². The number of allylic oxidation sites excluding steroid dienone is 2. The molecular weight excluding hydrogens is 388 g/mol. The number of aliphatic hydroxyl groups excluding tert-OH is 1. The summed E-state index contributed by atoms with van der Waals surface area (Å²) in [7, 11) is 0. The van der Waals surface area contributed by atoms with Crippen molar-refractivity contribution in [2.24, 2.45) is 50.7 Å². The van der Waals surface area contributed by atoms with Gasteiger partial charge in [-0.3, -0.25) is 0 Å². The Morgan fingerprint density at radius 3 is 2.28 bits per heavy atom. The van der Waals surface area contributed by atoms with Crippen molar-refractivity contribution in [2.45, 2.75) is 133 Å². The number of hydrogen-bond donors (Lipinski definition) is 1. The van der Waals surface area contributed by atoms with Crippen LogP contribution in [0.2, 0.25) is 0 Å². The van der Waals surface area contributed by atoms with Gasteiger partial charge in [-0.05, 0) is 102 Å². The van der Waals surface area contributed by atoms with Crippen LogP contribution < -0.4 is 0 Å². The first-order valence-electron chi connectivity index (χ1n) is 14.1. The average Bonchev–Trinajstić information content (AvgIpc) is 2.69. The Balaban J connectivity index is 1.73. The molecule has 0 amide bonds. The summed E-state index contributed by atoms with van der Waals surface area (Å²) in [5.41, 5.74) is 3.29. The van der Waals surface area contributed by atoms with Crippen LogP contribution in [0.1, 0.15) is 127 Å². The second-order valence-corrected chi connectivity index (χ2v) is 14.8. The molecule has 4 aliphatic carbocycles. The van der Waals surface area contributed by atoms with E-state index < -0.39 is 0 Å². The molecule has 0 unspecified atom stereocenters. The molecule has 4 aliphatic rings. The molecule has 0 radical (unpaired) electrons. The molecule has 184 valence electrons. The Labute approximate surface area is 200 Å². The Bertz CT molecular complexity index is 748. The van der Waals surface area contributed by atoms with E-state index in [1.54, 1.807) is 5.57 Å². The fourth-order valence-electron chi connectivity index (χ4n) is 10.1. The lowest BCUT2D eigenvalue weighted by atomic mass is 9.34. The lowest BCUT2D eigenvalue weighted by Gasteiger charge is -2.70. The molecule has 32 heavy (non-hydrogen) atoms. The quantitative estimate of drug-likeness (QED) is 0.431. The molecule has 0 aliphatic heterocycles. The molecule has 0 spiro atoms. The van der Waals surface area contributed by atoms with Crippen molar-refractivity contribution in [3.05, 3.63) is 11.6 Å². The summed E-state index contributed by atoms with van der Waals surface area (Å²) in [6.45, 7) is 22.7. The van der Waals surface area contributed by atoms with E-state index in [1.807, 2.05) is 0 Å². The summed E-state index contributed by atoms with van der Waals surface area (Å²) in [4.78, 5) is 0. The van der Waals surface area contributed by atoms with Gasteiger partial charge in [0.2, 0.25) is 0 Å². The molecule has 0 aromatic rings.